The Morgan fingerprint density at radius 1 is 1.07 bits per heavy atom. The lowest BCUT2D eigenvalue weighted by molar-refractivity contribution is -0.137. The van der Waals surface area contributed by atoms with Crippen molar-refractivity contribution in [1.29, 1.82) is 0 Å². The van der Waals surface area contributed by atoms with E-state index in [4.69, 9.17) is 4.74 Å². The van der Waals surface area contributed by atoms with E-state index >= 15 is 0 Å². The first kappa shape index (κ1) is 20.3. The number of benzene rings is 2. The van der Waals surface area contributed by atoms with Crippen molar-refractivity contribution < 1.29 is 27.5 Å². The normalized spacial score (nSPS) is 16.6. The van der Waals surface area contributed by atoms with Crippen molar-refractivity contribution >= 4 is 39.1 Å². The minimum Gasteiger partial charge on any atom is -0.368 e. The van der Waals surface area contributed by atoms with Crippen LogP contribution in [0, 0.1) is 0 Å². The third-order valence-corrected chi connectivity index (χ3v) is 4.70. The molecule has 0 radical (unpaired) electrons. The summed E-state index contributed by atoms with van der Waals surface area (Å²) < 4.78 is 46.4. The van der Waals surface area contributed by atoms with Crippen LogP contribution >= 0.6 is 15.9 Å². The molecule has 1 saturated heterocycles. The molecule has 0 aliphatic carbocycles. The first-order valence-electron chi connectivity index (χ1n) is 8.44. The summed E-state index contributed by atoms with van der Waals surface area (Å²) in [4.78, 5) is 24.3. The van der Waals surface area contributed by atoms with Crippen LogP contribution in [0.15, 0.2) is 46.9 Å². The number of carbonyl (C=O) groups is 2. The second-order valence-corrected chi connectivity index (χ2v) is 7.13. The van der Waals surface area contributed by atoms with Crippen LogP contribution in [0.5, 0.6) is 0 Å². The number of halogens is 4. The van der Waals surface area contributed by atoms with E-state index in [1.54, 1.807) is 12.1 Å². The molecule has 0 bridgehead atoms. The van der Waals surface area contributed by atoms with Crippen LogP contribution in [0.4, 0.5) is 24.5 Å². The van der Waals surface area contributed by atoms with Gasteiger partial charge in [0.1, 0.15) is 6.10 Å². The van der Waals surface area contributed by atoms with Crippen LogP contribution < -0.4 is 10.6 Å². The predicted molar refractivity (Wildman–Crippen MR) is 101 cm³/mol. The molecule has 3 rings (SSSR count). The minimum atomic E-state index is -4.72. The van der Waals surface area contributed by atoms with Crippen molar-refractivity contribution in [2.45, 2.75) is 25.1 Å². The molecule has 5 nitrogen and oxygen atoms in total. The Bertz CT molecular complexity index is 879. The molecule has 0 saturated carbocycles. The molecule has 1 aliphatic heterocycles. The first-order chi connectivity index (χ1) is 13.2. The van der Waals surface area contributed by atoms with Gasteiger partial charge in [0, 0.05) is 22.3 Å². The summed E-state index contributed by atoms with van der Waals surface area (Å²) in [5.41, 5.74) is -1.25. The SMILES string of the molecule is O=C(Nc1ccc(NC(=O)C2CCCO2)cc1C(F)(F)F)c1ccc(Br)cc1. The number of anilines is 2. The molecule has 9 heteroatoms. The zero-order valence-electron chi connectivity index (χ0n) is 14.5. The van der Waals surface area contributed by atoms with Crippen LogP contribution in [0.2, 0.25) is 0 Å². The number of carbonyl (C=O) groups excluding carboxylic acids is 2. The van der Waals surface area contributed by atoms with Gasteiger partial charge in [-0.2, -0.15) is 13.2 Å². The van der Waals surface area contributed by atoms with Crippen molar-refractivity contribution in [3.63, 3.8) is 0 Å². The van der Waals surface area contributed by atoms with E-state index in [2.05, 4.69) is 26.6 Å². The second-order valence-electron chi connectivity index (χ2n) is 6.21. The number of ether oxygens (including phenoxy) is 1. The maximum Gasteiger partial charge on any atom is 0.418 e. The highest BCUT2D eigenvalue weighted by molar-refractivity contribution is 9.10. The Balaban J connectivity index is 1.81. The summed E-state index contributed by atoms with van der Waals surface area (Å²) in [6.07, 6.45) is -4.12. The Morgan fingerprint density at radius 3 is 2.39 bits per heavy atom. The Kier molecular flexibility index (Phi) is 6.04. The van der Waals surface area contributed by atoms with Crippen LogP contribution in [-0.4, -0.2) is 24.5 Å². The molecule has 1 atom stereocenters. The van der Waals surface area contributed by atoms with E-state index in [-0.39, 0.29) is 11.3 Å². The summed E-state index contributed by atoms with van der Waals surface area (Å²) in [6, 6.07) is 9.42. The lowest BCUT2D eigenvalue weighted by Crippen LogP contribution is -2.27. The fourth-order valence-corrected chi connectivity index (χ4v) is 3.03. The smallest absolute Gasteiger partial charge is 0.368 e. The summed E-state index contributed by atoms with van der Waals surface area (Å²) in [7, 11) is 0. The van der Waals surface area contributed by atoms with Crippen molar-refractivity contribution in [2.75, 3.05) is 17.2 Å². The summed E-state index contributed by atoms with van der Waals surface area (Å²) in [6.45, 7) is 0.451. The minimum absolute atomic E-state index is 0.0190. The lowest BCUT2D eigenvalue weighted by atomic mass is 10.1. The van der Waals surface area contributed by atoms with Crippen LogP contribution in [0.3, 0.4) is 0 Å². The standard InChI is InChI=1S/C19H16BrF3N2O3/c20-12-5-3-11(4-6-12)17(26)25-15-8-7-13(10-14(15)19(21,22)23)24-18(27)16-2-1-9-28-16/h3-8,10,16H,1-2,9H2,(H,24,27)(H,25,26). The quantitative estimate of drug-likeness (QED) is 0.691. The third-order valence-electron chi connectivity index (χ3n) is 4.17. The second kappa shape index (κ2) is 8.32. The molecule has 1 fully saturated rings. The topological polar surface area (TPSA) is 67.4 Å². The highest BCUT2D eigenvalue weighted by Crippen LogP contribution is 2.37. The Labute approximate surface area is 167 Å². The monoisotopic (exact) mass is 456 g/mol. The van der Waals surface area contributed by atoms with E-state index < -0.39 is 35.3 Å². The number of hydrogen-bond acceptors (Lipinski definition) is 3. The molecular formula is C19H16BrF3N2O3. The Hall–Kier alpha value is -2.39. The summed E-state index contributed by atoms with van der Waals surface area (Å²) in [5.74, 6) is -1.16. The van der Waals surface area contributed by atoms with Gasteiger partial charge in [-0.15, -0.1) is 0 Å². The largest absolute Gasteiger partial charge is 0.418 e. The predicted octanol–water partition coefficient (Wildman–Crippen LogP) is 4.84. The lowest BCUT2D eigenvalue weighted by Gasteiger charge is -2.17. The summed E-state index contributed by atoms with van der Waals surface area (Å²) in [5, 5.41) is 4.71. The van der Waals surface area contributed by atoms with Crippen molar-refractivity contribution in [3.8, 4) is 0 Å². The van der Waals surface area contributed by atoms with E-state index in [1.165, 1.54) is 18.2 Å². The number of rotatable bonds is 4. The maximum absolute atomic E-state index is 13.5. The number of alkyl halides is 3. The molecule has 2 aromatic rings. The van der Waals surface area contributed by atoms with Gasteiger partial charge in [-0.1, -0.05) is 15.9 Å². The van der Waals surface area contributed by atoms with Gasteiger partial charge in [-0.25, -0.2) is 0 Å². The van der Waals surface area contributed by atoms with Gasteiger partial charge in [0.15, 0.2) is 0 Å². The van der Waals surface area contributed by atoms with Gasteiger partial charge in [0.25, 0.3) is 11.8 Å². The van der Waals surface area contributed by atoms with E-state index in [0.29, 0.717) is 13.0 Å². The van der Waals surface area contributed by atoms with Crippen LogP contribution in [-0.2, 0) is 15.7 Å². The fraction of sp³-hybridized carbons (Fsp3) is 0.263. The molecule has 28 heavy (non-hydrogen) atoms. The molecule has 148 valence electrons. The zero-order valence-corrected chi connectivity index (χ0v) is 16.1. The number of hydrogen-bond donors (Lipinski definition) is 2. The van der Waals surface area contributed by atoms with Gasteiger partial charge in [-0.3, -0.25) is 9.59 Å². The van der Waals surface area contributed by atoms with Gasteiger partial charge in [-0.05, 0) is 55.3 Å². The molecule has 1 unspecified atom stereocenters. The molecule has 2 amide bonds. The van der Waals surface area contributed by atoms with E-state index in [1.807, 2.05) is 0 Å². The molecular weight excluding hydrogens is 441 g/mol. The molecule has 0 spiro atoms. The number of nitrogens with one attached hydrogen (secondary N) is 2. The van der Waals surface area contributed by atoms with Gasteiger partial charge in [0.05, 0.1) is 11.3 Å². The van der Waals surface area contributed by atoms with Crippen LogP contribution in [0.1, 0.15) is 28.8 Å². The van der Waals surface area contributed by atoms with Crippen molar-refractivity contribution in [2.24, 2.45) is 0 Å². The van der Waals surface area contributed by atoms with Gasteiger partial charge >= 0.3 is 6.18 Å². The van der Waals surface area contributed by atoms with E-state index in [9.17, 15) is 22.8 Å². The third kappa shape index (κ3) is 4.90. The van der Waals surface area contributed by atoms with E-state index in [0.717, 1.165) is 23.0 Å². The molecule has 2 aromatic carbocycles. The first-order valence-corrected chi connectivity index (χ1v) is 9.24. The summed E-state index contributed by atoms with van der Waals surface area (Å²) >= 11 is 3.23. The highest BCUT2D eigenvalue weighted by atomic mass is 79.9. The zero-order chi connectivity index (χ0) is 20.3. The van der Waals surface area contributed by atoms with Crippen LogP contribution in [0.25, 0.3) is 0 Å². The van der Waals surface area contributed by atoms with Gasteiger partial charge in [0.2, 0.25) is 0 Å². The molecule has 1 aliphatic rings. The molecule has 2 N–H and O–H groups in total. The fourth-order valence-electron chi connectivity index (χ4n) is 2.77. The molecule has 0 aromatic heterocycles. The highest BCUT2D eigenvalue weighted by Gasteiger charge is 2.35. The average Bonchev–Trinajstić information content (AvgIpc) is 3.17. The Morgan fingerprint density at radius 2 is 1.79 bits per heavy atom. The van der Waals surface area contributed by atoms with Crippen molar-refractivity contribution in [3.05, 3.63) is 58.1 Å². The molecule has 1 heterocycles. The van der Waals surface area contributed by atoms with Crippen molar-refractivity contribution in [1.82, 2.24) is 0 Å². The maximum atomic E-state index is 13.5. The number of amides is 2. The average molecular weight is 457 g/mol. The van der Waals surface area contributed by atoms with Gasteiger partial charge < -0.3 is 15.4 Å².